The molecule has 0 fully saturated rings. The second kappa shape index (κ2) is 4.65. The Labute approximate surface area is 115 Å². The van der Waals surface area contributed by atoms with Crippen LogP contribution in [0.4, 0.5) is 5.82 Å². The number of halogens is 1. The fourth-order valence-corrected chi connectivity index (χ4v) is 2.85. The molecule has 2 rings (SSSR count). The number of methoxy groups -OCH3 is 1. The zero-order chi connectivity index (χ0) is 13.4. The molecule has 96 valence electrons. The summed E-state index contributed by atoms with van der Waals surface area (Å²) in [5.41, 5.74) is 11.1. The molecule has 0 bridgehead atoms. The highest BCUT2D eigenvalue weighted by Crippen LogP contribution is 2.41. The first-order chi connectivity index (χ1) is 8.47. The van der Waals surface area contributed by atoms with Gasteiger partial charge in [-0.25, -0.2) is 0 Å². The summed E-state index contributed by atoms with van der Waals surface area (Å²) in [6.07, 6.45) is 0. The van der Waals surface area contributed by atoms with Gasteiger partial charge in [0.25, 0.3) is 0 Å². The van der Waals surface area contributed by atoms with Crippen molar-refractivity contribution in [1.82, 2.24) is 10.2 Å². The van der Waals surface area contributed by atoms with Gasteiger partial charge in [0.2, 0.25) is 0 Å². The summed E-state index contributed by atoms with van der Waals surface area (Å²) in [5.74, 6) is 1.37. The van der Waals surface area contributed by atoms with E-state index in [0.717, 1.165) is 38.2 Å². The zero-order valence-corrected chi connectivity index (χ0v) is 12.5. The van der Waals surface area contributed by atoms with Crippen LogP contribution in [0.2, 0.25) is 0 Å². The van der Waals surface area contributed by atoms with Gasteiger partial charge in [-0.15, -0.1) is 0 Å². The lowest BCUT2D eigenvalue weighted by Crippen LogP contribution is -1.98. The lowest BCUT2D eigenvalue weighted by Gasteiger charge is -2.17. The van der Waals surface area contributed by atoms with Crippen molar-refractivity contribution >= 4 is 21.7 Å². The van der Waals surface area contributed by atoms with Crippen LogP contribution in [0.5, 0.6) is 5.75 Å². The molecule has 4 nitrogen and oxygen atoms in total. The van der Waals surface area contributed by atoms with E-state index in [1.807, 2.05) is 19.9 Å². The van der Waals surface area contributed by atoms with E-state index in [1.165, 1.54) is 0 Å². The summed E-state index contributed by atoms with van der Waals surface area (Å²) in [6, 6.07) is 1.84. The van der Waals surface area contributed by atoms with Gasteiger partial charge in [-0.2, -0.15) is 5.10 Å². The predicted octanol–water partition coefficient (Wildman–Crippen LogP) is 3.36. The number of nitrogens with two attached hydrogens (primary N) is 1. The molecule has 0 aliphatic carbocycles. The fraction of sp³-hybridized carbons (Fsp3) is 0.308. The van der Waals surface area contributed by atoms with Gasteiger partial charge in [-0.05, 0) is 53.4 Å². The fourth-order valence-electron chi connectivity index (χ4n) is 2.20. The minimum Gasteiger partial charge on any atom is -0.495 e. The molecule has 0 unspecified atom stereocenters. The Morgan fingerprint density at radius 1 is 1.22 bits per heavy atom. The molecule has 5 heteroatoms. The van der Waals surface area contributed by atoms with Crippen molar-refractivity contribution in [1.29, 1.82) is 0 Å². The normalized spacial score (nSPS) is 10.7. The molecule has 1 heterocycles. The number of rotatable bonds is 2. The topological polar surface area (TPSA) is 63.9 Å². The van der Waals surface area contributed by atoms with Crippen LogP contribution in [-0.2, 0) is 0 Å². The quantitative estimate of drug-likeness (QED) is 0.894. The van der Waals surface area contributed by atoms with E-state index in [9.17, 15) is 0 Å². The van der Waals surface area contributed by atoms with Gasteiger partial charge < -0.3 is 10.5 Å². The standard InChI is InChI=1S/C13H16BrN3O/c1-6-7(2)13(18-4)12(14)8(3)11(6)9-5-10(15)17-16-9/h5H,1-4H3,(H3,15,16,17). The van der Waals surface area contributed by atoms with Crippen LogP contribution in [0.15, 0.2) is 10.5 Å². The third-order valence-corrected chi connectivity index (χ3v) is 4.21. The number of ether oxygens (including phenoxy) is 1. The van der Waals surface area contributed by atoms with Gasteiger partial charge in [0.1, 0.15) is 11.6 Å². The molecule has 0 spiro atoms. The van der Waals surface area contributed by atoms with Crippen molar-refractivity contribution in [3.63, 3.8) is 0 Å². The van der Waals surface area contributed by atoms with E-state index < -0.39 is 0 Å². The van der Waals surface area contributed by atoms with Gasteiger partial charge in [0.05, 0.1) is 17.3 Å². The first-order valence-corrected chi connectivity index (χ1v) is 6.41. The monoisotopic (exact) mass is 309 g/mol. The predicted molar refractivity (Wildman–Crippen MR) is 76.9 cm³/mol. The number of aromatic amines is 1. The number of hydrogen-bond donors (Lipinski definition) is 2. The highest BCUT2D eigenvalue weighted by Gasteiger charge is 2.18. The van der Waals surface area contributed by atoms with Crippen LogP contribution < -0.4 is 10.5 Å². The molecule has 1 aromatic carbocycles. The van der Waals surface area contributed by atoms with Crippen molar-refractivity contribution in [3.05, 3.63) is 27.2 Å². The molecule has 0 aliphatic heterocycles. The third kappa shape index (κ3) is 1.88. The largest absolute Gasteiger partial charge is 0.495 e. The van der Waals surface area contributed by atoms with Gasteiger partial charge in [-0.1, -0.05) is 0 Å². The number of anilines is 1. The Bertz CT molecular complexity index is 576. The maximum Gasteiger partial charge on any atom is 0.145 e. The minimum atomic E-state index is 0.494. The Balaban J connectivity index is 2.76. The Morgan fingerprint density at radius 3 is 2.39 bits per heavy atom. The van der Waals surface area contributed by atoms with Crippen LogP contribution >= 0.6 is 15.9 Å². The molecule has 18 heavy (non-hydrogen) atoms. The molecule has 0 amide bonds. The number of nitrogens with one attached hydrogen (secondary N) is 1. The number of H-pyrrole nitrogens is 1. The van der Waals surface area contributed by atoms with Crippen LogP contribution in [0.1, 0.15) is 16.7 Å². The molecular formula is C13H16BrN3O. The van der Waals surface area contributed by atoms with Crippen LogP contribution in [0, 0.1) is 20.8 Å². The molecule has 3 N–H and O–H groups in total. The second-order valence-electron chi connectivity index (χ2n) is 4.30. The van der Waals surface area contributed by atoms with Crippen molar-refractivity contribution in [2.75, 3.05) is 12.8 Å². The second-order valence-corrected chi connectivity index (χ2v) is 5.10. The molecule has 0 saturated heterocycles. The van der Waals surface area contributed by atoms with E-state index in [-0.39, 0.29) is 0 Å². The van der Waals surface area contributed by atoms with E-state index >= 15 is 0 Å². The van der Waals surface area contributed by atoms with Crippen molar-refractivity contribution in [2.24, 2.45) is 0 Å². The van der Waals surface area contributed by atoms with E-state index in [1.54, 1.807) is 7.11 Å². The van der Waals surface area contributed by atoms with Crippen molar-refractivity contribution in [2.45, 2.75) is 20.8 Å². The Hall–Kier alpha value is -1.49. The third-order valence-electron chi connectivity index (χ3n) is 3.25. The van der Waals surface area contributed by atoms with Gasteiger partial charge in [0.15, 0.2) is 0 Å². The van der Waals surface area contributed by atoms with Gasteiger partial charge >= 0.3 is 0 Å². The number of benzene rings is 1. The highest BCUT2D eigenvalue weighted by atomic mass is 79.9. The average molecular weight is 310 g/mol. The Kier molecular flexibility index (Phi) is 3.34. The van der Waals surface area contributed by atoms with Crippen LogP contribution in [-0.4, -0.2) is 17.3 Å². The molecule has 0 aliphatic rings. The van der Waals surface area contributed by atoms with Gasteiger partial charge in [-0.3, -0.25) is 5.10 Å². The molecule has 0 atom stereocenters. The lowest BCUT2D eigenvalue weighted by molar-refractivity contribution is 0.408. The van der Waals surface area contributed by atoms with Crippen molar-refractivity contribution in [3.8, 4) is 17.0 Å². The highest BCUT2D eigenvalue weighted by molar-refractivity contribution is 9.10. The van der Waals surface area contributed by atoms with E-state index in [0.29, 0.717) is 5.82 Å². The summed E-state index contributed by atoms with van der Waals surface area (Å²) in [5, 5.41) is 6.94. The molecule has 0 saturated carbocycles. The maximum absolute atomic E-state index is 5.67. The zero-order valence-electron chi connectivity index (χ0n) is 10.9. The first kappa shape index (κ1) is 13.0. The molecule has 1 aromatic heterocycles. The SMILES string of the molecule is COc1c(C)c(C)c(-c2cc(N)n[nH]2)c(C)c1Br. The summed E-state index contributed by atoms with van der Waals surface area (Å²) in [7, 11) is 1.68. The van der Waals surface area contributed by atoms with E-state index in [4.69, 9.17) is 10.5 Å². The van der Waals surface area contributed by atoms with Crippen molar-refractivity contribution < 1.29 is 4.74 Å². The van der Waals surface area contributed by atoms with Crippen LogP contribution in [0.25, 0.3) is 11.3 Å². The van der Waals surface area contributed by atoms with E-state index in [2.05, 4.69) is 33.1 Å². The molecular weight excluding hydrogens is 294 g/mol. The summed E-state index contributed by atoms with van der Waals surface area (Å²) < 4.78 is 6.40. The van der Waals surface area contributed by atoms with Gasteiger partial charge in [0, 0.05) is 11.6 Å². The Morgan fingerprint density at radius 2 is 1.89 bits per heavy atom. The number of hydrogen-bond acceptors (Lipinski definition) is 3. The maximum atomic E-state index is 5.67. The minimum absolute atomic E-state index is 0.494. The summed E-state index contributed by atoms with van der Waals surface area (Å²) in [6.45, 7) is 6.16. The molecule has 2 aromatic rings. The average Bonchev–Trinajstić information content (AvgIpc) is 2.74. The number of nitrogen functional groups attached to an aromatic ring is 1. The van der Waals surface area contributed by atoms with Crippen LogP contribution in [0.3, 0.4) is 0 Å². The lowest BCUT2D eigenvalue weighted by atomic mass is 9.95. The number of nitrogens with zero attached hydrogens (tertiary/aromatic N) is 1. The first-order valence-electron chi connectivity index (χ1n) is 5.61. The number of aromatic nitrogens is 2. The molecule has 0 radical (unpaired) electrons. The summed E-state index contributed by atoms with van der Waals surface area (Å²) >= 11 is 3.59. The smallest absolute Gasteiger partial charge is 0.145 e. The summed E-state index contributed by atoms with van der Waals surface area (Å²) in [4.78, 5) is 0.